The Bertz CT molecular complexity index is 632. The van der Waals surface area contributed by atoms with E-state index in [9.17, 15) is 9.18 Å². The van der Waals surface area contributed by atoms with E-state index in [1.807, 2.05) is 30.3 Å². The summed E-state index contributed by atoms with van der Waals surface area (Å²) in [6.45, 7) is 0. The second-order valence-corrected chi connectivity index (χ2v) is 3.82. The van der Waals surface area contributed by atoms with Gasteiger partial charge in [-0.05, 0) is 18.2 Å². The smallest absolute Gasteiger partial charge is 0.214 e. The molecule has 3 rings (SSSR count). The Balaban J connectivity index is 2.11. The average Bonchev–Trinajstić information content (AvgIpc) is 2.68. The van der Waals surface area contributed by atoms with Gasteiger partial charge in [-0.25, -0.2) is 9.38 Å². The highest BCUT2D eigenvalue weighted by atomic mass is 19.1. The van der Waals surface area contributed by atoms with Gasteiger partial charge in [-0.1, -0.05) is 30.3 Å². The normalized spacial score (nSPS) is 13.5. The molecule has 0 N–H and O–H groups in total. The van der Waals surface area contributed by atoms with Crippen LogP contribution in [0.1, 0.15) is 15.9 Å². The molecular formula is C14H8FNO. The number of halogens is 1. The minimum atomic E-state index is -0.415. The van der Waals surface area contributed by atoms with Gasteiger partial charge < -0.3 is 0 Å². The maximum Gasteiger partial charge on any atom is 0.214 e. The molecule has 2 nitrogen and oxygen atoms in total. The predicted molar refractivity (Wildman–Crippen MR) is 63.4 cm³/mol. The fourth-order valence-electron chi connectivity index (χ4n) is 1.88. The highest BCUT2D eigenvalue weighted by Crippen LogP contribution is 2.29. The molecular weight excluding hydrogens is 217 g/mol. The first-order valence-electron chi connectivity index (χ1n) is 5.24. The van der Waals surface area contributed by atoms with E-state index in [1.165, 1.54) is 18.2 Å². The first-order chi connectivity index (χ1) is 8.25. The molecule has 0 spiro atoms. The zero-order valence-corrected chi connectivity index (χ0v) is 8.85. The quantitative estimate of drug-likeness (QED) is 0.733. The summed E-state index contributed by atoms with van der Waals surface area (Å²) in [6.07, 6.45) is 0. The van der Waals surface area contributed by atoms with Crippen molar-refractivity contribution in [2.45, 2.75) is 0 Å². The first-order valence-corrected chi connectivity index (χ1v) is 5.24. The molecule has 0 atom stereocenters. The summed E-state index contributed by atoms with van der Waals surface area (Å²) in [7, 11) is 0. The number of aliphatic imine (C=N–C) groups is 1. The predicted octanol–water partition coefficient (Wildman–Crippen LogP) is 3.14. The van der Waals surface area contributed by atoms with Crippen LogP contribution in [0.3, 0.4) is 0 Å². The lowest BCUT2D eigenvalue weighted by Gasteiger charge is -1.97. The third-order valence-corrected chi connectivity index (χ3v) is 2.70. The van der Waals surface area contributed by atoms with Crippen LogP contribution in [0, 0.1) is 5.82 Å². The van der Waals surface area contributed by atoms with E-state index < -0.39 is 5.82 Å². The lowest BCUT2D eigenvalue weighted by Crippen LogP contribution is -2.10. The molecule has 2 aromatic rings. The number of ketones is 1. The molecule has 0 aromatic heterocycles. The molecule has 0 bridgehead atoms. The molecule has 3 heteroatoms. The Hall–Kier alpha value is -2.29. The van der Waals surface area contributed by atoms with Gasteiger partial charge in [-0.2, -0.15) is 0 Å². The summed E-state index contributed by atoms with van der Waals surface area (Å²) < 4.78 is 13.1. The summed E-state index contributed by atoms with van der Waals surface area (Å²) in [5.74, 6) is -0.632. The minimum absolute atomic E-state index is 0.217. The minimum Gasteiger partial charge on any atom is -0.287 e. The SMILES string of the molecule is O=C1C(c2ccccc2)=Nc2ccc(F)cc21. The van der Waals surface area contributed by atoms with E-state index in [2.05, 4.69) is 4.99 Å². The van der Waals surface area contributed by atoms with Crippen molar-refractivity contribution in [2.24, 2.45) is 4.99 Å². The molecule has 2 aromatic carbocycles. The van der Waals surface area contributed by atoms with Crippen LogP contribution < -0.4 is 0 Å². The van der Waals surface area contributed by atoms with Gasteiger partial charge in [-0.15, -0.1) is 0 Å². The lowest BCUT2D eigenvalue weighted by molar-refractivity contribution is 0.107. The van der Waals surface area contributed by atoms with E-state index in [0.717, 1.165) is 5.56 Å². The fourth-order valence-corrected chi connectivity index (χ4v) is 1.88. The van der Waals surface area contributed by atoms with Gasteiger partial charge in [-0.3, -0.25) is 4.79 Å². The van der Waals surface area contributed by atoms with Crippen LogP contribution >= 0.6 is 0 Å². The number of carbonyl (C=O) groups excluding carboxylic acids is 1. The van der Waals surface area contributed by atoms with Gasteiger partial charge in [0.15, 0.2) is 0 Å². The maximum absolute atomic E-state index is 13.1. The van der Waals surface area contributed by atoms with E-state index in [4.69, 9.17) is 0 Å². The van der Waals surface area contributed by atoms with Crippen molar-refractivity contribution in [3.05, 3.63) is 65.5 Å². The number of rotatable bonds is 1. The third-order valence-electron chi connectivity index (χ3n) is 2.70. The molecule has 1 aliphatic heterocycles. The Kier molecular flexibility index (Phi) is 2.11. The van der Waals surface area contributed by atoms with Gasteiger partial charge in [0.1, 0.15) is 11.5 Å². The zero-order chi connectivity index (χ0) is 11.8. The van der Waals surface area contributed by atoms with Crippen molar-refractivity contribution in [3.8, 4) is 0 Å². The molecule has 0 saturated heterocycles. The summed E-state index contributed by atoms with van der Waals surface area (Å²) in [4.78, 5) is 16.3. The number of benzene rings is 2. The summed E-state index contributed by atoms with van der Waals surface area (Å²) in [5.41, 5.74) is 2.01. The second kappa shape index (κ2) is 3.63. The van der Waals surface area contributed by atoms with Crippen molar-refractivity contribution in [1.29, 1.82) is 0 Å². The van der Waals surface area contributed by atoms with Crippen LogP contribution in [-0.2, 0) is 0 Å². The molecule has 82 valence electrons. The van der Waals surface area contributed by atoms with Crippen molar-refractivity contribution >= 4 is 17.2 Å². The molecule has 17 heavy (non-hydrogen) atoms. The Morgan fingerprint density at radius 2 is 1.76 bits per heavy atom. The third kappa shape index (κ3) is 1.56. The Labute approximate surface area is 97.4 Å². The molecule has 0 aliphatic carbocycles. The summed E-state index contributed by atoms with van der Waals surface area (Å²) >= 11 is 0. The van der Waals surface area contributed by atoms with E-state index in [0.29, 0.717) is 17.0 Å². The highest BCUT2D eigenvalue weighted by Gasteiger charge is 2.25. The molecule has 0 amide bonds. The van der Waals surface area contributed by atoms with Gasteiger partial charge in [0.2, 0.25) is 5.78 Å². The molecule has 1 aliphatic rings. The van der Waals surface area contributed by atoms with Crippen LogP contribution in [0.5, 0.6) is 0 Å². The molecule has 0 unspecified atom stereocenters. The van der Waals surface area contributed by atoms with Gasteiger partial charge >= 0.3 is 0 Å². The van der Waals surface area contributed by atoms with Gasteiger partial charge in [0.05, 0.1) is 11.3 Å². The van der Waals surface area contributed by atoms with Crippen LogP contribution in [-0.4, -0.2) is 11.5 Å². The van der Waals surface area contributed by atoms with Crippen LogP contribution in [0.2, 0.25) is 0 Å². The number of Topliss-reactive ketones (excluding diaryl/α,β-unsaturated/α-hetero) is 1. The Morgan fingerprint density at radius 3 is 2.53 bits per heavy atom. The summed E-state index contributed by atoms with van der Waals surface area (Å²) in [6, 6.07) is 13.3. The molecule has 0 fully saturated rings. The van der Waals surface area contributed by atoms with Crippen molar-refractivity contribution in [3.63, 3.8) is 0 Å². The number of carbonyl (C=O) groups is 1. The standard InChI is InChI=1S/C14H8FNO/c15-10-6-7-12-11(8-10)14(17)13(16-12)9-4-2-1-3-5-9/h1-8H. The average molecular weight is 225 g/mol. The van der Waals surface area contributed by atoms with Crippen molar-refractivity contribution in [2.75, 3.05) is 0 Å². The van der Waals surface area contributed by atoms with E-state index >= 15 is 0 Å². The van der Waals surface area contributed by atoms with Crippen LogP contribution in [0.25, 0.3) is 0 Å². The van der Waals surface area contributed by atoms with Crippen molar-refractivity contribution in [1.82, 2.24) is 0 Å². The van der Waals surface area contributed by atoms with Gasteiger partial charge in [0, 0.05) is 5.56 Å². The van der Waals surface area contributed by atoms with Crippen LogP contribution in [0.15, 0.2) is 53.5 Å². The topological polar surface area (TPSA) is 29.4 Å². The van der Waals surface area contributed by atoms with Crippen molar-refractivity contribution < 1.29 is 9.18 Å². The number of fused-ring (bicyclic) bond motifs is 1. The fraction of sp³-hybridized carbons (Fsp3) is 0. The molecule has 0 saturated carbocycles. The maximum atomic E-state index is 13.1. The van der Waals surface area contributed by atoms with Crippen LogP contribution in [0.4, 0.5) is 10.1 Å². The summed E-state index contributed by atoms with van der Waals surface area (Å²) in [5, 5.41) is 0. The Morgan fingerprint density at radius 1 is 1.00 bits per heavy atom. The largest absolute Gasteiger partial charge is 0.287 e. The highest BCUT2D eigenvalue weighted by molar-refractivity contribution is 6.54. The second-order valence-electron chi connectivity index (χ2n) is 3.82. The lowest BCUT2D eigenvalue weighted by atomic mass is 10.0. The monoisotopic (exact) mass is 225 g/mol. The van der Waals surface area contributed by atoms with E-state index in [1.54, 1.807) is 0 Å². The number of hydrogen-bond acceptors (Lipinski definition) is 2. The van der Waals surface area contributed by atoms with E-state index in [-0.39, 0.29) is 5.78 Å². The number of nitrogens with zero attached hydrogens (tertiary/aromatic N) is 1. The number of hydrogen-bond donors (Lipinski definition) is 0. The molecule has 1 heterocycles. The zero-order valence-electron chi connectivity index (χ0n) is 8.85. The first kappa shape index (κ1) is 9.90. The molecule has 0 radical (unpaired) electrons. The van der Waals surface area contributed by atoms with Gasteiger partial charge in [0.25, 0.3) is 0 Å².